The molecule has 11 aromatic rings. The van der Waals surface area contributed by atoms with E-state index < -0.39 is 0 Å². The first-order chi connectivity index (χ1) is 24.8. The number of hydrogen-bond donors (Lipinski definition) is 0. The van der Waals surface area contributed by atoms with Gasteiger partial charge in [-0.1, -0.05) is 127 Å². The summed E-state index contributed by atoms with van der Waals surface area (Å²) in [5.74, 6) is 1.95. The van der Waals surface area contributed by atoms with Crippen molar-refractivity contribution in [1.29, 1.82) is 0 Å². The standard InChI is InChI=1S/C45H27N5/c1-4-15-28(16-5-1)43-46-44(29-17-6-2-7-18-29)48-45(47-43)33-23-14-26-37-39(33)41-38(49(37)30-19-8-3-9-20-30)27-34-31-21-10-12-24-35(31)50-36-25-13-11-22-32(36)40(41)42(34)50/h1-27H. The summed E-state index contributed by atoms with van der Waals surface area (Å²) >= 11 is 0. The largest absolute Gasteiger partial charge is 0.309 e. The molecule has 50 heavy (non-hydrogen) atoms. The first-order valence-corrected chi connectivity index (χ1v) is 16.9. The summed E-state index contributed by atoms with van der Waals surface area (Å²) in [4.78, 5) is 15.4. The molecular weight excluding hydrogens is 611 g/mol. The Hall–Kier alpha value is -6.85. The lowest BCUT2D eigenvalue weighted by molar-refractivity contribution is 1.08. The predicted molar refractivity (Wildman–Crippen MR) is 205 cm³/mol. The maximum Gasteiger partial charge on any atom is 0.164 e. The van der Waals surface area contributed by atoms with Crippen LogP contribution in [-0.4, -0.2) is 23.9 Å². The van der Waals surface area contributed by atoms with Gasteiger partial charge in [0.25, 0.3) is 0 Å². The molecule has 0 unspecified atom stereocenters. The molecule has 11 rings (SSSR count). The third-order valence-electron chi connectivity index (χ3n) is 10.1. The highest BCUT2D eigenvalue weighted by atomic mass is 15.0. The van der Waals surface area contributed by atoms with Gasteiger partial charge in [-0.15, -0.1) is 0 Å². The number of nitrogens with zero attached hydrogens (tertiary/aromatic N) is 5. The smallest absolute Gasteiger partial charge is 0.164 e. The zero-order valence-electron chi connectivity index (χ0n) is 26.8. The van der Waals surface area contributed by atoms with Gasteiger partial charge in [0, 0.05) is 54.7 Å². The summed E-state index contributed by atoms with van der Waals surface area (Å²) in [6.45, 7) is 0. The van der Waals surface area contributed by atoms with Gasteiger partial charge in [-0.05, 0) is 36.4 Å². The van der Waals surface area contributed by atoms with Gasteiger partial charge in [0.05, 0.1) is 27.6 Å². The maximum absolute atomic E-state index is 5.21. The monoisotopic (exact) mass is 637 g/mol. The molecule has 7 aromatic carbocycles. The van der Waals surface area contributed by atoms with Crippen LogP contribution in [-0.2, 0) is 0 Å². The summed E-state index contributed by atoms with van der Waals surface area (Å²) in [6, 6.07) is 57.6. The zero-order valence-corrected chi connectivity index (χ0v) is 26.8. The molecule has 0 bridgehead atoms. The molecule has 0 spiro atoms. The molecule has 4 aromatic heterocycles. The van der Waals surface area contributed by atoms with Crippen molar-refractivity contribution in [3.63, 3.8) is 0 Å². The number of rotatable bonds is 4. The molecule has 0 N–H and O–H groups in total. The van der Waals surface area contributed by atoms with Crippen LogP contribution in [0.3, 0.4) is 0 Å². The highest BCUT2D eigenvalue weighted by molar-refractivity contribution is 6.37. The molecule has 232 valence electrons. The van der Waals surface area contributed by atoms with Gasteiger partial charge in [0.15, 0.2) is 17.5 Å². The summed E-state index contributed by atoms with van der Waals surface area (Å²) in [6.07, 6.45) is 0. The maximum atomic E-state index is 5.21. The van der Waals surface area contributed by atoms with Crippen LogP contribution in [0.1, 0.15) is 0 Å². The van der Waals surface area contributed by atoms with Crippen LogP contribution in [0.2, 0.25) is 0 Å². The van der Waals surface area contributed by atoms with Gasteiger partial charge < -0.3 is 8.97 Å². The van der Waals surface area contributed by atoms with E-state index in [0.717, 1.165) is 38.8 Å². The molecule has 4 heterocycles. The number of aromatic nitrogens is 5. The molecule has 0 fully saturated rings. The van der Waals surface area contributed by atoms with Crippen molar-refractivity contribution in [3.8, 4) is 39.9 Å². The van der Waals surface area contributed by atoms with Gasteiger partial charge >= 0.3 is 0 Å². The van der Waals surface area contributed by atoms with Crippen molar-refractivity contribution in [1.82, 2.24) is 23.9 Å². The summed E-state index contributed by atoms with van der Waals surface area (Å²) in [5, 5.41) is 7.31. The minimum absolute atomic E-state index is 0.648. The lowest BCUT2D eigenvalue weighted by Gasteiger charge is -2.10. The van der Waals surface area contributed by atoms with E-state index in [1.807, 2.05) is 36.4 Å². The van der Waals surface area contributed by atoms with Gasteiger partial charge in [-0.2, -0.15) is 0 Å². The number of para-hydroxylation sites is 3. The Morgan fingerprint density at radius 3 is 1.58 bits per heavy atom. The second-order valence-corrected chi connectivity index (χ2v) is 12.8. The van der Waals surface area contributed by atoms with E-state index >= 15 is 0 Å². The molecule has 0 saturated carbocycles. The Bertz CT molecular complexity index is 3010. The molecule has 0 aliphatic rings. The molecule has 0 saturated heterocycles. The predicted octanol–water partition coefficient (Wildman–Crippen LogP) is 11.1. The lowest BCUT2D eigenvalue weighted by atomic mass is 9.99. The lowest BCUT2D eigenvalue weighted by Crippen LogP contribution is -2.00. The van der Waals surface area contributed by atoms with Crippen molar-refractivity contribution >= 4 is 59.9 Å². The van der Waals surface area contributed by atoms with E-state index in [-0.39, 0.29) is 0 Å². The topological polar surface area (TPSA) is 48.0 Å². The van der Waals surface area contributed by atoms with Crippen LogP contribution in [0, 0.1) is 0 Å². The molecule has 0 atom stereocenters. The van der Waals surface area contributed by atoms with Gasteiger partial charge in [0.1, 0.15) is 0 Å². The molecule has 0 aliphatic carbocycles. The molecule has 0 amide bonds. The summed E-state index contributed by atoms with van der Waals surface area (Å²) < 4.78 is 4.86. The number of benzene rings is 7. The molecule has 5 nitrogen and oxygen atoms in total. The van der Waals surface area contributed by atoms with Crippen LogP contribution >= 0.6 is 0 Å². The molecule has 0 aliphatic heterocycles. The number of hydrogen-bond acceptors (Lipinski definition) is 3. The van der Waals surface area contributed by atoms with Gasteiger partial charge in [0.2, 0.25) is 0 Å². The Labute approximate surface area is 286 Å². The molecule has 5 heteroatoms. The third-order valence-corrected chi connectivity index (χ3v) is 10.1. The van der Waals surface area contributed by atoms with E-state index in [9.17, 15) is 0 Å². The minimum Gasteiger partial charge on any atom is -0.309 e. The van der Waals surface area contributed by atoms with E-state index in [0.29, 0.717) is 17.5 Å². The van der Waals surface area contributed by atoms with Crippen LogP contribution in [0.15, 0.2) is 164 Å². The van der Waals surface area contributed by atoms with Crippen molar-refractivity contribution < 1.29 is 0 Å². The van der Waals surface area contributed by atoms with Gasteiger partial charge in [-0.25, -0.2) is 15.0 Å². The highest BCUT2D eigenvalue weighted by Gasteiger charge is 2.26. The van der Waals surface area contributed by atoms with Crippen molar-refractivity contribution in [2.24, 2.45) is 0 Å². The second kappa shape index (κ2) is 10.3. The van der Waals surface area contributed by atoms with Crippen LogP contribution in [0.25, 0.3) is 99.8 Å². The Balaban J connectivity index is 1.35. The van der Waals surface area contributed by atoms with E-state index in [4.69, 9.17) is 15.0 Å². The highest BCUT2D eigenvalue weighted by Crippen LogP contribution is 2.48. The molecule has 0 radical (unpaired) electrons. The average Bonchev–Trinajstić information content (AvgIpc) is 3.83. The Morgan fingerprint density at radius 1 is 0.360 bits per heavy atom. The Kier molecular flexibility index (Phi) is 5.60. The summed E-state index contributed by atoms with van der Waals surface area (Å²) in [7, 11) is 0. The van der Waals surface area contributed by atoms with Crippen LogP contribution in [0.5, 0.6) is 0 Å². The summed E-state index contributed by atoms with van der Waals surface area (Å²) in [5.41, 5.74) is 9.91. The fraction of sp³-hybridized carbons (Fsp3) is 0. The number of fused-ring (bicyclic) bond motifs is 10. The quantitative estimate of drug-likeness (QED) is 0.193. The van der Waals surface area contributed by atoms with Crippen LogP contribution < -0.4 is 0 Å². The zero-order chi connectivity index (χ0) is 32.8. The van der Waals surface area contributed by atoms with Gasteiger partial charge in [-0.3, -0.25) is 0 Å². The van der Waals surface area contributed by atoms with E-state index in [2.05, 4.69) is 136 Å². The SMILES string of the molecule is c1ccc(-c2nc(-c3ccccc3)nc(-c3cccc4c3c3c5c6ccccc6n6c7ccccc7c(cc3n4-c3ccccc3)c56)n2)cc1. The van der Waals surface area contributed by atoms with Crippen molar-refractivity contribution in [2.45, 2.75) is 0 Å². The first kappa shape index (κ1) is 27.1. The normalized spacial score (nSPS) is 12.0. The van der Waals surface area contributed by atoms with Crippen molar-refractivity contribution in [2.75, 3.05) is 0 Å². The first-order valence-electron chi connectivity index (χ1n) is 16.9. The Morgan fingerprint density at radius 2 is 0.900 bits per heavy atom. The fourth-order valence-electron chi connectivity index (χ4n) is 8.02. The molecular formula is C45H27N5. The second-order valence-electron chi connectivity index (χ2n) is 12.8. The van der Waals surface area contributed by atoms with Crippen molar-refractivity contribution in [3.05, 3.63) is 164 Å². The fourth-order valence-corrected chi connectivity index (χ4v) is 8.02. The third kappa shape index (κ3) is 3.74. The van der Waals surface area contributed by atoms with Crippen LogP contribution in [0.4, 0.5) is 0 Å². The average molecular weight is 638 g/mol. The van der Waals surface area contributed by atoms with E-state index in [1.54, 1.807) is 0 Å². The minimum atomic E-state index is 0.648. The van der Waals surface area contributed by atoms with E-state index in [1.165, 1.54) is 43.5 Å².